The van der Waals surface area contributed by atoms with Crippen LogP contribution in [0.15, 0.2) is 35.1 Å². The van der Waals surface area contributed by atoms with E-state index in [1.165, 1.54) is 11.6 Å². The number of hydrogen-bond donors (Lipinski definition) is 1. The van der Waals surface area contributed by atoms with E-state index in [-0.39, 0.29) is 5.56 Å². The molecule has 0 aliphatic carbocycles. The number of benzene rings is 1. The number of aryl methyl sites for hydroxylation is 1. The fourth-order valence-electron chi connectivity index (χ4n) is 2.98. The van der Waals surface area contributed by atoms with E-state index in [0.717, 1.165) is 43.3 Å². The first kappa shape index (κ1) is 14.8. The van der Waals surface area contributed by atoms with Gasteiger partial charge in [0.05, 0.1) is 7.11 Å². The molecule has 1 aromatic carbocycles. The van der Waals surface area contributed by atoms with E-state index < -0.39 is 0 Å². The minimum atomic E-state index is -0.0592. The van der Waals surface area contributed by atoms with Crippen molar-refractivity contribution in [3.8, 4) is 5.75 Å². The number of ether oxygens (including phenoxy) is 1. The minimum Gasteiger partial charge on any atom is -0.497 e. The second-order valence-corrected chi connectivity index (χ2v) is 5.84. The van der Waals surface area contributed by atoms with Crippen LogP contribution in [0, 0.1) is 6.92 Å². The smallest absolute Gasteiger partial charge is 0.251 e. The van der Waals surface area contributed by atoms with Crippen LogP contribution in [0.1, 0.15) is 29.4 Å². The number of aromatic nitrogens is 2. The van der Waals surface area contributed by atoms with Crippen molar-refractivity contribution in [3.05, 3.63) is 57.8 Å². The molecule has 22 heavy (non-hydrogen) atoms. The molecule has 1 aromatic heterocycles. The van der Waals surface area contributed by atoms with E-state index in [4.69, 9.17) is 4.74 Å². The number of nitrogens with zero attached hydrogens (tertiary/aromatic N) is 2. The van der Waals surface area contributed by atoms with E-state index in [2.05, 4.69) is 27.0 Å². The standard InChI is InChI=1S/C17H21N3O2/c1-12-9-16(21)19-17(18-12)14-7-8-20(11-14)10-13-3-5-15(22-2)6-4-13/h3-6,9,14H,7-8,10-11H2,1-2H3,(H,18,19,21)/t14-/m1/s1. The average molecular weight is 299 g/mol. The van der Waals surface area contributed by atoms with Gasteiger partial charge in [0.25, 0.3) is 5.56 Å². The zero-order chi connectivity index (χ0) is 15.5. The summed E-state index contributed by atoms with van der Waals surface area (Å²) in [7, 11) is 1.68. The van der Waals surface area contributed by atoms with Gasteiger partial charge in [0.15, 0.2) is 0 Å². The first-order valence-electron chi connectivity index (χ1n) is 7.57. The summed E-state index contributed by atoms with van der Waals surface area (Å²) in [6, 6.07) is 9.70. The number of aromatic amines is 1. The zero-order valence-electron chi connectivity index (χ0n) is 13.0. The molecule has 1 aliphatic heterocycles. The summed E-state index contributed by atoms with van der Waals surface area (Å²) in [6.07, 6.45) is 1.03. The topological polar surface area (TPSA) is 58.2 Å². The van der Waals surface area contributed by atoms with Crippen molar-refractivity contribution in [3.63, 3.8) is 0 Å². The molecule has 2 heterocycles. The van der Waals surface area contributed by atoms with Gasteiger partial charge in [-0.3, -0.25) is 9.69 Å². The van der Waals surface area contributed by atoms with Gasteiger partial charge in [0.2, 0.25) is 0 Å². The molecule has 1 atom stereocenters. The van der Waals surface area contributed by atoms with Gasteiger partial charge in [0, 0.05) is 30.8 Å². The molecule has 0 radical (unpaired) electrons. The van der Waals surface area contributed by atoms with Gasteiger partial charge in [-0.15, -0.1) is 0 Å². The third-order valence-corrected chi connectivity index (χ3v) is 4.11. The molecule has 3 rings (SSSR count). The molecule has 116 valence electrons. The van der Waals surface area contributed by atoms with E-state index in [0.29, 0.717) is 5.92 Å². The SMILES string of the molecule is COc1ccc(CN2CC[C@@H](c3nc(C)cc(=O)[nH]3)C2)cc1. The molecule has 0 unspecified atom stereocenters. The Bertz CT molecular complexity index is 694. The predicted octanol–water partition coefficient (Wildman–Crippen LogP) is 2.08. The molecule has 0 spiro atoms. The van der Waals surface area contributed by atoms with Crippen molar-refractivity contribution in [2.45, 2.75) is 25.8 Å². The third kappa shape index (κ3) is 3.36. The number of rotatable bonds is 4. The van der Waals surface area contributed by atoms with Gasteiger partial charge in [0.1, 0.15) is 11.6 Å². The van der Waals surface area contributed by atoms with Gasteiger partial charge in [-0.1, -0.05) is 12.1 Å². The third-order valence-electron chi connectivity index (χ3n) is 4.11. The van der Waals surface area contributed by atoms with Crippen LogP contribution in [0.3, 0.4) is 0 Å². The van der Waals surface area contributed by atoms with Crippen LogP contribution in [0.25, 0.3) is 0 Å². The molecule has 1 saturated heterocycles. The lowest BCUT2D eigenvalue weighted by Crippen LogP contribution is -2.21. The van der Waals surface area contributed by atoms with Gasteiger partial charge in [-0.05, 0) is 37.6 Å². The van der Waals surface area contributed by atoms with Crippen molar-refractivity contribution >= 4 is 0 Å². The van der Waals surface area contributed by atoms with Crippen LogP contribution < -0.4 is 10.3 Å². The highest BCUT2D eigenvalue weighted by Gasteiger charge is 2.25. The van der Waals surface area contributed by atoms with Crippen LogP contribution in [-0.4, -0.2) is 35.1 Å². The molecule has 2 aromatic rings. The average Bonchev–Trinajstić information content (AvgIpc) is 2.96. The maximum Gasteiger partial charge on any atom is 0.251 e. The van der Waals surface area contributed by atoms with Gasteiger partial charge >= 0.3 is 0 Å². The molecule has 0 bridgehead atoms. The molecule has 0 amide bonds. The van der Waals surface area contributed by atoms with Crippen LogP contribution >= 0.6 is 0 Å². The Morgan fingerprint density at radius 2 is 2.14 bits per heavy atom. The minimum absolute atomic E-state index is 0.0592. The first-order valence-corrected chi connectivity index (χ1v) is 7.57. The summed E-state index contributed by atoms with van der Waals surface area (Å²) >= 11 is 0. The molecule has 5 heteroatoms. The van der Waals surface area contributed by atoms with Gasteiger partial charge in [-0.25, -0.2) is 4.98 Å². The fourth-order valence-corrected chi connectivity index (χ4v) is 2.98. The summed E-state index contributed by atoms with van der Waals surface area (Å²) < 4.78 is 5.18. The Labute approximate surface area is 130 Å². The molecule has 1 N–H and O–H groups in total. The maximum absolute atomic E-state index is 11.6. The lowest BCUT2D eigenvalue weighted by molar-refractivity contribution is 0.325. The monoisotopic (exact) mass is 299 g/mol. The van der Waals surface area contributed by atoms with E-state index >= 15 is 0 Å². The van der Waals surface area contributed by atoms with Crippen LogP contribution in [0.4, 0.5) is 0 Å². The van der Waals surface area contributed by atoms with Crippen molar-refractivity contribution in [1.82, 2.24) is 14.9 Å². The Morgan fingerprint density at radius 3 is 2.82 bits per heavy atom. The first-order chi connectivity index (χ1) is 10.6. The van der Waals surface area contributed by atoms with Crippen molar-refractivity contribution in [1.29, 1.82) is 0 Å². The van der Waals surface area contributed by atoms with E-state index in [9.17, 15) is 4.79 Å². The van der Waals surface area contributed by atoms with Crippen LogP contribution in [0.5, 0.6) is 5.75 Å². The Morgan fingerprint density at radius 1 is 1.36 bits per heavy atom. The lowest BCUT2D eigenvalue weighted by atomic mass is 10.1. The summed E-state index contributed by atoms with van der Waals surface area (Å²) in [5.74, 6) is 2.01. The molecular formula is C17H21N3O2. The number of hydrogen-bond acceptors (Lipinski definition) is 4. The fraction of sp³-hybridized carbons (Fsp3) is 0.412. The predicted molar refractivity (Wildman–Crippen MR) is 85.2 cm³/mol. The highest BCUT2D eigenvalue weighted by molar-refractivity contribution is 5.27. The number of methoxy groups -OCH3 is 1. The number of H-pyrrole nitrogens is 1. The Kier molecular flexibility index (Phi) is 4.24. The summed E-state index contributed by atoms with van der Waals surface area (Å²) in [6.45, 7) is 4.73. The highest BCUT2D eigenvalue weighted by atomic mass is 16.5. The lowest BCUT2D eigenvalue weighted by Gasteiger charge is -2.16. The highest BCUT2D eigenvalue weighted by Crippen LogP contribution is 2.25. The van der Waals surface area contributed by atoms with Gasteiger partial charge < -0.3 is 9.72 Å². The second-order valence-electron chi connectivity index (χ2n) is 5.84. The van der Waals surface area contributed by atoms with Crippen LogP contribution in [0.2, 0.25) is 0 Å². The maximum atomic E-state index is 11.6. The number of likely N-dealkylation sites (tertiary alicyclic amines) is 1. The van der Waals surface area contributed by atoms with Crippen molar-refractivity contribution < 1.29 is 4.74 Å². The molecular weight excluding hydrogens is 278 g/mol. The Hall–Kier alpha value is -2.14. The molecule has 1 aliphatic rings. The summed E-state index contributed by atoms with van der Waals surface area (Å²) in [4.78, 5) is 21.3. The molecule has 1 fully saturated rings. The molecule has 5 nitrogen and oxygen atoms in total. The van der Waals surface area contributed by atoms with Crippen LogP contribution in [-0.2, 0) is 6.54 Å². The zero-order valence-corrected chi connectivity index (χ0v) is 13.0. The Balaban J connectivity index is 1.65. The largest absolute Gasteiger partial charge is 0.497 e. The quantitative estimate of drug-likeness (QED) is 0.939. The normalized spacial score (nSPS) is 18.5. The van der Waals surface area contributed by atoms with E-state index in [1.807, 2.05) is 19.1 Å². The molecule has 0 saturated carbocycles. The summed E-state index contributed by atoms with van der Waals surface area (Å²) in [5, 5.41) is 0. The number of nitrogens with one attached hydrogen (secondary N) is 1. The second kappa shape index (κ2) is 6.32. The van der Waals surface area contributed by atoms with Gasteiger partial charge in [-0.2, -0.15) is 0 Å². The van der Waals surface area contributed by atoms with E-state index in [1.54, 1.807) is 7.11 Å². The van der Waals surface area contributed by atoms with Crippen molar-refractivity contribution in [2.75, 3.05) is 20.2 Å². The van der Waals surface area contributed by atoms with Crippen molar-refractivity contribution in [2.24, 2.45) is 0 Å². The summed E-state index contributed by atoms with van der Waals surface area (Å²) in [5.41, 5.74) is 2.00.